The minimum atomic E-state index is -0.894. The van der Waals surface area contributed by atoms with Crippen LogP contribution in [0, 0.1) is 0 Å². The van der Waals surface area contributed by atoms with Crippen molar-refractivity contribution in [3.63, 3.8) is 0 Å². The molecule has 0 radical (unpaired) electrons. The summed E-state index contributed by atoms with van der Waals surface area (Å²) in [5, 5.41) is 12.3. The lowest BCUT2D eigenvalue weighted by Crippen LogP contribution is -2.30. The van der Waals surface area contributed by atoms with Gasteiger partial charge in [-0.15, -0.1) is 0 Å². The van der Waals surface area contributed by atoms with Crippen molar-refractivity contribution in [2.24, 2.45) is 0 Å². The standard InChI is InChI=1S/C19H23N3O2/c23-19(24)17-7-4-15(5-8-17)12-20-13-16-6-9-18(21-14-16)22-10-2-1-3-11-22/h4-9,14,20H,1-3,10-13H2,(H,23,24). The molecule has 24 heavy (non-hydrogen) atoms. The molecule has 2 aromatic rings. The summed E-state index contributed by atoms with van der Waals surface area (Å²) < 4.78 is 0. The molecule has 1 aliphatic heterocycles. The SMILES string of the molecule is O=C(O)c1ccc(CNCc2ccc(N3CCCCC3)nc2)cc1. The number of rotatable bonds is 6. The summed E-state index contributed by atoms with van der Waals surface area (Å²) in [6.07, 6.45) is 5.77. The lowest BCUT2D eigenvalue weighted by molar-refractivity contribution is 0.0697. The number of anilines is 1. The molecule has 1 aromatic heterocycles. The van der Waals surface area contributed by atoms with E-state index in [1.54, 1.807) is 12.1 Å². The fourth-order valence-corrected chi connectivity index (χ4v) is 2.95. The highest BCUT2D eigenvalue weighted by molar-refractivity contribution is 5.87. The van der Waals surface area contributed by atoms with Gasteiger partial charge in [-0.2, -0.15) is 0 Å². The maximum atomic E-state index is 10.8. The number of carboxylic acids is 1. The van der Waals surface area contributed by atoms with E-state index in [9.17, 15) is 4.79 Å². The Balaban J connectivity index is 1.48. The van der Waals surface area contributed by atoms with Crippen molar-refractivity contribution in [3.05, 3.63) is 59.3 Å². The molecule has 2 heterocycles. The molecule has 0 atom stereocenters. The molecular formula is C19H23N3O2. The molecule has 1 fully saturated rings. The van der Waals surface area contributed by atoms with Crippen molar-refractivity contribution in [1.82, 2.24) is 10.3 Å². The summed E-state index contributed by atoms with van der Waals surface area (Å²) in [6, 6.07) is 11.2. The maximum Gasteiger partial charge on any atom is 0.335 e. The van der Waals surface area contributed by atoms with Gasteiger partial charge in [0.2, 0.25) is 0 Å². The Labute approximate surface area is 142 Å². The third kappa shape index (κ3) is 4.32. The normalized spacial score (nSPS) is 14.6. The van der Waals surface area contributed by atoms with Gasteiger partial charge in [0.15, 0.2) is 0 Å². The highest BCUT2D eigenvalue weighted by Crippen LogP contribution is 2.17. The number of nitrogens with zero attached hydrogens (tertiary/aromatic N) is 2. The first-order chi connectivity index (χ1) is 11.7. The predicted octanol–water partition coefficient (Wildman–Crippen LogP) is 3.06. The van der Waals surface area contributed by atoms with Crippen LogP contribution in [0.15, 0.2) is 42.6 Å². The Bertz CT molecular complexity index is 662. The molecule has 0 bridgehead atoms. The lowest BCUT2D eigenvalue weighted by atomic mass is 10.1. The number of pyridine rings is 1. The minimum absolute atomic E-state index is 0.316. The van der Waals surface area contributed by atoms with E-state index in [2.05, 4.69) is 27.3 Å². The van der Waals surface area contributed by atoms with E-state index in [4.69, 9.17) is 5.11 Å². The van der Waals surface area contributed by atoms with Crippen LogP contribution in [0.4, 0.5) is 5.82 Å². The second-order valence-electron chi connectivity index (χ2n) is 6.18. The first-order valence-electron chi connectivity index (χ1n) is 8.45. The average Bonchev–Trinajstić information content (AvgIpc) is 2.63. The van der Waals surface area contributed by atoms with Gasteiger partial charge < -0.3 is 15.3 Å². The van der Waals surface area contributed by atoms with E-state index in [1.165, 1.54) is 19.3 Å². The molecule has 0 aliphatic carbocycles. The fourth-order valence-electron chi connectivity index (χ4n) is 2.95. The maximum absolute atomic E-state index is 10.8. The zero-order valence-electron chi connectivity index (χ0n) is 13.7. The van der Waals surface area contributed by atoms with Gasteiger partial charge in [0.05, 0.1) is 5.56 Å². The van der Waals surface area contributed by atoms with Crippen molar-refractivity contribution in [1.29, 1.82) is 0 Å². The van der Waals surface area contributed by atoms with Crippen LogP contribution in [0.25, 0.3) is 0 Å². The van der Waals surface area contributed by atoms with Crippen LogP contribution < -0.4 is 10.2 Å². The van der Waals surface area contributed by atoms with Crippen molar-refractivity contribution < 1.29 is 9.90 Å². The number of carbonyl (C=O) groups is 1. The van der Waals surface area contributed by atoms with Crippen molar-refractivity contribution in [2.45, 2.75) is 32.4 Å². The number of hydrogen-bond donors (Lipinski definition) is 2. The summed E-state index contributed by atoms with van der Waals surface area (Å²) in [5.41, 5.74) is 2.53. The Morgan fingerprint density at radius 3 is 2.29 bits per heavy atom. The molecule has 2 N–H and O–H groups in total. The van der Waals surface area contributed by atoms with Gasteiger partial charge in [-0.05, 0) is 48.6 Å². The molecule has 126 valence electrons. The second-order valence-corrected chi connectivity index (χ2v) is 6.18. The highest BCUT2D eigenvalue weighted by Gasteiger charge is 2.11. The summed E-state index contributed by atoms with van der Waals surface area (Å²) in [4.78, 5) is 17.8. The van der Waals surface area contributed by atoms with Crippen LogP contribution >= 0.6 is 0 Å². The van der Waals surface area contributed by atoms with Crippen LogP contribution in [0.5, 0.6) is 0 Å². The molecule has 5 nitrogen and oxygen atoms in total. The minimum Gasteiger partial charge on any atom is -0.478 e. The number of hydrogen-bond acceptors (Lipinski definition) is 4. The quantitative estimate of drug-likeness (QED) is 0.854. The molecule has 1 saturated heterocycles. The van der Waals surface area contributed by atoms with E-state index in [-0.39, 0.29) is 0 Å². The van der Waals surface area contributed by atoms with Gasteiger partial charge in [-0.25, -0.2) is 9.78 Å². The first-order valence-corrected chi connectivity index (χ1v) is 8.45. The molecule has 0 amide bonds. The van der Waals surface area contributed by atoms with Crippen LogP contribution in [0.2, 0.25) is 0 Å². The third-order valence-electron chi connectivity index (χ3n) is 4.35. The molecule has 1 aromatic carbocycles. The van der Waals surface area contributed by atoms with E-state index in [0.29, 0.717) is 12.1 Å². The van der Waals surface area contributed by atoms with E-state index in [1.807, 2.05) is 18.3 Å². The largest absolute Gasteiger partial charge is 0.478 e. The van der Waals surface area contributed by atoms with E-state index >= 15 is 0 Å². The topological polar surface area (TPSA) is 65.5 Å². The molecule has 0 unspecified atom stereocenters. The second kappa shape index (κ2) is 7.93. The first kappa shape index (κ1) is 16.5. The van der Waals surface area contributed by atoms with Gasteiger partial charge >= 0.3 is 5.97 Å². The van der Waals surface area contributed by atoms with Crippen molar-refractivity contribution >= 4 is 11.8 Å². The Morgan fingerprint density at radius 1 is 1.00 bits per heavy atom. The van der Waals surface area contributed by atoms with Crippen molar-refractivity contribution in [3.8, 4) is 0 Å². The molecule has 0 saturated carbocycles. The molecule has 1 aliphatic rings. The Morgan fingerprint density at radius 2 is 1.67 bits per heavy atom. The monoisotopic (exact) mass is 325 g/mol. The number of aromatic nitrogens is 1. The predicted molar refractivity (Wildman–Crippen MR) is 94.2 cm³/mol. The van der Waals surface area contributed by atoms with E-state index in [0.717, 1.165) is 36.6 Å². The Hall–Kier alpha value is -2.40. The van der Waals surface area contributed by atoms with Gasteiger partial charge in [0, 0.05) is 32.4 Å². The highest BCUT2D eigenvalue weighted by atomic mass is 16.4. The average molecular weight is 325 g/mol. The number of piperidine rings is 1. The zero-order valence-corrected chi connectivity index (χ0v) is 13.7. The van der Waals surface area contributed by atoms with E-state index < -0.39 is 5.97 Å². The summed E-state index contributed by atoms with van der Waals surface area (Å²) in [5.74, 6) is 0.178. The number of aromatic carboxylic acids is 1. The molecule has 5 heteroatoms. The lowest BCUT2D eigenvalue weighted by Gasteiger charge is -2.27. The fraction of sp³-hybridized carbons (Fsp3) is 0.368. The summed E-state index contributed by atoms with van der Waals surface area (Å²) >= 11 is 0. The van der Waals surface area contributed by atoms with Crippen LogP contribution in [-0.2, 0) is 13.1 Å². The zero-order chi connectivity index (χ0) is 16.8. The van der Waals surface area contributed by atoms with Gasteiger partial charge in [-0.3, -0.25) is 0 Å². The summed E-state index contributed by atoms with van der Waals surface area (Å²) in [7, 11) is 0. The summed E-state index contributed by atoms with van der Waals surface area (Å²) in [6.45, 7) is 3.66. The van der Waals surface area contributed by atoms with Gasteiger partial charge in [-0.1, -0.05) is 18.2 Å². The van der Waals surface area contributed by atoms with Crippen LogP contribution in [0.3, 0.4) is 0 Å². The van der Waals surface area contributed by atoms with Crippen LogP contribution in [-0.4, -0.2) is 29.1 Å². The number of nitrogens with one attached hydrogen (secondary N) is 1. The van der Waals surface area contributed by atoms with Crippen molar-refractivity contribution in [2.75, 3.05) is 18.0 Å². The molecule has 3 rings (SSSR count). The molecular weight excluding hydrogens is 302 g/mol. The number of benzene rings is 1. The van der Waals surface area contributed by atoms with Gasteiger partial charge in [0.25, 0.3) is 0 Å². The molecule has 0 spiro atoms. The smallest absolute Gasteiger partial charge is 0.335 e. The third-order valence-corrected chi connectivity index (χ3v) is 4.35. The Kier molecular flexibility index (Phi) is 5.43. The van der Waals surface area contributed by atoms with Gasteiger partial charge in [0.1, 0.15) is 5.82 Å². The number of carboxylic acid groups (broad SMARTS) is 1. The van der Waals surface area contributed by atoms with Crippen LogP contribution in [0.1, 0.15) is 40.7 Å².